The van der Waals surface area contributed by atoms with Gasteiger partial charge >= 0.3 is 5.97 Å². The van der Waals surface area contributed by atoms with E-state index in [9.17, 15) is 9.90 Å². The van der Waals surface area contributed by atoms with E-state index < -0.39 is 11.5 Å². The number of carbonyl (C=O) groups is 1. The Labute approximate surface area is 147 Å². The average molecular weight is 344 g/mol. The van der Waals surface area contributed by atoms with Crippen LogP contribution in [-0.2, 0) is 19.8 Å². The molecule has 1 aromatic heterocycles. The Morgan fingerprint density at radius 3 is 2.68 bits per heavy atom. The van der Waals surface area contributed by atoms with E-state index in [2.05, 4.69) is 5.10 Å². The minimum atomic E-state index is -1.20. The van der Waals surface area contributed by atoms with Gasteiger partial charge in [0.25, 0.3) is 0 Å². The van der Waals surface area contributed by atoms with E-state index in [0.29, 0.717) is 19.6 Å². The number of methoxy groups -OCH3 is 1. The second-order valence-corrected chi connectivity index (χ2v) is 6.57. The van der Waals surface area contributed by atoms with Crippen LogP contribution in [0.3, 0.4) is 0 Å². The van der Waals surface area contributed by atoms with E-state index in [1.54, 1.807) is 10.9 Å². The molecule has 25 heavy (non-hydrogen) atoms. The third kappa shape index (κ3) is 3.75. The molecule has 134 valence electrons. The Bertz CT molecular complexity index is 694. The highest BCUT2D eigenvalue weighted by atomic mass is 16.5. The zero-order chi connectivity index (χ0) is 17.7. The number of nitrogens with zero attached hydrogens (tertiary/aromatic N) is 2. The molecule has 1 saturated heterocycles. The Balaban J connectivity index is 1.93. The normalized spacial score (nSPS) is 18.0. The van der Waals surface area contributed by atoms with Crippen molar-refractivity contribution in [3.63, 3.8) is 0 Å². The van der Waals surface area contributed by atoms with E-state index in [0.717, 1.165) is 24.0 Å². The number of benzene rings is 1. The zero-order valence-electron chi connectivity index (χ0n) is 14.4. The predicted octanol–water partition coefficient (Wildman–Crippen LogP) is 2.79. The summed E-state index contributed by atoms with van der Waals surface area (Å²) in [7, 11) is 1.53. The molecule has 0 amide bonds. The average Bonchev–Trinajstić information content (AvgIpc) is 3.13. The topological polar surface area (TPSA) is 73.6 Å². The van der Waals surface area contributed by atoms with Crippen LogP contribution in [0.25, 0.3) is 11.1 Å². The van der Waals surface area contributed by atoms with Crippen molar-refractivity contribution in [2.24, 2.45) is 5.92 Å². The van der Waals surface area contributed by atoms with Crippen LogP contribution in [0.4, 0.5) is 0 Å². The van der Waals surface area contributed by atoms with Crippen molar-refractivity contribution >= 4 is 5.97 Å². The molecule has 1 aromatic carbocycles. The minimum absolute atomic E-state index is 0.0790. The fourth-order valence-electron chi connectivity index (χ4n) is 3.47. The summed E-state index contributed by atoms with van der Waals surface area (Å²) in [5.41, 5.74) is 0.704. The van der Waals surface area contributed by atoms with E-state index in [-0.39, 0.29) is 12.5 Å². The zero-order valence-corrected chi connectivity index (χ0v) is 14.4. The summed E-state index contributed by atoms with van der Waals surface area (Å²) >= 11 is 0. The van der Waals surface area contributed by atoms with Crippen LogP contribution >= 0.6 is 0 Å². The van der Waals surface area contributed by atoms with Crippen LogP contribution in [0.1, 0.15) is 19.3 Å². The summed E-state index contributed by atoms with van der Waals surface area (Å²) in [6.45, 7) is 1.44. The Hall–Kier alpha value is -2.18. The number of ether oxygens (including phenoxy) is 2. The van der Waals surface area contributed by atoms with Crippen molar-refractivity contribution < 1.29 is 19.4 Å². The Kier molecular flexibility index (Phi) is 5.50. The van der Waals surface area contributed by atoms with Gasteiger partial charge in [0.15, 0.2) is 5.54 Å². The lowest BCUT2D eigenvalue weighted by Crippen LogP contribution is -2.48. The summed E-state index contributed by atoms with van der Waals surface area (Å²) in [6.07, 6.45) is 5.74. The van der Waals surface area contributed by atoms with Gasteiger partial charge in [-0.05, 0) is 30.7 Å². The summed E-state index contributed by atoms with van der Waals surface area (Å²) in [5, 5.41) is 14.4. The molecule has 1 aliphatic rings. The number of hydrogen-bond donors (Lipinski definition) is 1. The molecule has 1 N–H and O–H groups in total. The molecule has 6 nitrogen and oxygen atoms in total. The molecular formula is C19H24N2O4. The SMILES string of the molecule is COCC(CC1CCOCC1)(C(=O)O)n1cc(-c2ccccc2)cn1. The molecule has 0 saturated carbocycles. The molecule has 1 aliphatic heterocycles. The van der Waals surface area contributed by atoms with E-state index in [1.165, 1.54) is 7.11 Å². The first-order valence-electron chi connectivity index (χ1n) is 8.56. The van der Waals surface area contributed by atoms with Crippen LogP contribution in [0, 0.1) is 5.92 Å². The second-order valence-electron chi connectivity index (χ2n) is 6.57. The largest absolute Gasteiger partial charge is 0.479 e. The molecule has 2 aromatic rings. The lowest BCUT2D eigenvalue weighted by atomic mass is 9.84. The smallest absolute Gasteiger partial charge is 0.334 e. The lowest BCUT2D eigenvalue weighted by Gasteiger charge is -2.34. The van der Waals surface area contributed by atoms with E-state index >= 15 is 0 Å². The van der Waals surface area contributed by atoms with Crippen LogP contribution in [-0.4, -0.2) is 47.8 Å². The standard InChI is InChI=1S/C19H24N2O4/c1-24-14-19(18(22)23,11-15-7-9-25-10-8-15)21-13-17(12-20-21)16-5-3-2-4-6-16/h2-6,12-13,15H,7-11,14H2,1H3,(H,22,23). The molecule has 0 bridgehead atoms. The number of aromatic nitrogens is 2. The van der Waals surface area contributed by atoms with Gasteiger partial charge in [-0.1, -0.05) is 30.3 Å². The van der Waals surface area contributed by atoms with E-state index in [1.807, 2.05) is 36.5 Å². The highest BCUT2D eigenvalue weighted by Gasteiger charge is 2.44. The minimum Gasteiger partial charge on any atom is -0.479 e. The maximum absolute atomic E-state index is 12.3. The van der Waals surface area contributed by atoms with Gasteiger partial charge in [0.2, 0.25) is 0 Å². The van der Waals surface area contributed by atoms with Crippen molar-refractivity contribution in [3.05, 3.63) is 42.7 Å². The third-order valence-electron chi connectivity index (χ3n) is 4.88. The first kappa shape index (κ1) is 17.6. The van der Waals surface area contributed by atoms with Gasteiger partial charge in [-0.25, -0.2) is 4.79 Å². The van der Waals surface area contributed by atoms with Gasteiger partial charge in [0.05, 0.1) is 12.8 Å². The summed E-state index contributed by atoms with van der Waals surface area (Å²) in [5.74, 6) is -0.632. The van der Waals surface area contributed by atoms with Crippen molar-refractivity contribution in [2.75, 3.05) is 26.9 Å². The molecule has 0 spiro atoms. The second kappa shape index (κ2) is 7.80. The fourth-order valence-corrected chi connectivity index (χ4v) is 3.47. The van der Waals surface area contributed by atoms with Crippen molar-refractivity contribution in [1.29, 1.82) is 0 Å². The van der Waals surface area contributed by atoms with Crippen molar-refractivity contribution in [3.8, 4) is 11.1 Å². The molecule has 1 fully saturated rings. The van der Waals surface area contributed by atoms with E-state index in [4.69, 9.17) is 9.47 Å². The highest BCUT2D eigenvalue weighted by molar-refractivity contribution is 5.77. The van der Waals surface area contributed by atoms with Gasteiger partial charge < -0.3 is 14.6 Å². The molecule has 2 heterocycles. The first-order chi connectivity index (χ1) is 12.2. The number of carboxylic acid groups (broad SMARTS) is 1. The molecule has 3 rings (SSSR count). The van der Waals surface area contributed by atoms with Crippen molar-refractivity contribution in [2.45, 2.75) is 24.8 Å². The maximum Gasteiger partial charge on any atom is 0.334 e. The predicted molar refractivity (Wildman–Crippen MR) is 93.3 cm³/mol. The maximum atomic E-state index is 12.3. The van der Waals surface area contributed by atoms with Crippen LogP contribution in [0.15, 0.2) is 42.7 Å². The lowest BCUT2D eigenvalue weighted by molar-refractivity contribution is -0.153. The monoisotopic (exact) mass is 344 g/mol. The van der Waals surface area contributed by atoms with Gasteiger partial charge in [-0.3, -0.25) is 4.68 Å². The Morgan fingerprint density at radius 2 is 2.04 bits per heavy atom. The van der Waals surface area contributed by atoms with Gasteiger partial charge in [0, 0.05) is 32.1 Å². The quantitative estimate of drug-likeness (QED) is 0.836. The molecule has 1 atom stereocenters. The molecule has 6 heteroatoms. The summed E-state index contributed by atoms with van der Waals surface area (Å²) in [4.78, 5) is 12.3. The van der Waals surface area contributed by atoms with Crippen LogP contribution in [0.2, 0.25) is 0 Å². The van der Waals surface area contributed by atoms with Crippen LogP contribution < -0.4 is 0 Å². The summed E-state index contributed by atoms with van der Waals surface area (Å²) in [6, 6.07) is 9.82. The Morgan fingerprint density at radius 1 is 1.32 bits per heavy atom. The molecule has 0 aliphatic carbocycles. The number of carboxylic acids is 1. The number of hydrogen-bond acceptors (Lipinski definition) is 4. The van der Waals surface area contributed by atoms with Gasteiger partial charge in [-0.2, -0.15) is 5.10 Å². The molecule has 0 radical (unpaired) electrons. The number of rotatable bonds is 7. The number of aliphatic carboxylic acids is 1. The van der Waals surface area contributed by atoms with Crippen LogP contribution in [0.5, 0.6) is 0 Å². The summed E-state index contributed by atoms with van der Waals surface area (Å²) < 4.78 is 12.3. The fraction of sp³-hybridized carbons (Fsp3) is 0.474. The van der Waals surface area contributed by atoms with Crippen molar-refractivity contribution in [1.82, 2.24) is 9.78 Å². The molecule has 1 unspecified atom stereocenters. The van der Waals surface area contributed by atoms with Gasteiger partial charge in [0.1, 0.15) is 0 Å². The molecular weight excluding hydrogens is 320 g/mol. The van der Waals surface area contributed by atoms with Gasteiger partial charge in [-0.15, -0.1) is 0 Å². The highest BCUT2D eigenvalue weighted by Crippen LogP contribution is 2.32. The first-order valence-corrected chi connectivity index (χ1v) is 8.56. The third-order valence-corrected chi connectivity index (χ3v) is 4.88.